The molecule has 0 aliphatic carbocycles. The van der Waals surface area contributed by atoms with Crippen LogP contribution in [0.2, 0.25) is 5.28 Å². The van der Waals surface area contributed by atoms with E-state index in [0.29, 0.717) is 56.1 Å². The van der Waals surface area contributed by atoms with E-state index in [1.807, 2.05) is 37.3 Å². The normalized spacial score (nSPS) is 11.4. The van der Waals surface area contributed by atoms with Gasteiger partial charge in [0, 0.05) is 25.9 Å². The van der Waals surface area contributed by atoms with Crippen LogP contribution in [0, 0.1) is 0 Å². The zero-order valence-corrected chi connectivity index (χ0v) is 18.6. The van der Waals surface area contributed by atoms with Gasteiger partial charge in [0.25, 0.3) is 5.56 Å². The Hall–Kier alpha value is -3.20. The Balaban J connectivity index is 1.41. The molecule has 32 heavy (non-hydrogen) atoms. The molecule has 0 saturated heterocycles. The van der Waals surface area contributed by atoms with E-state index >= 15 is 0 Å². The molecule has 1 aromatic carbocycles. The van der Waals surface area contributed by atoms with Crippen LogP contribution in [0.25, 0.3) is 11.2 Å². The van der Waals surface area contributed by atoms with Crippen molar-refractivity contribution >= 4 is 22.8 Å². The third-order valence-corrected chi connectivity index (χ3v) is 5.48. The van der Waals surface area contributed by atoms with E-state index in [-0.39, 0.29) is 16.5 Å². The van der Waals surface area contributed by atoms with Crippen molar-refractivity contribution in [3.8, 4) is 0 Å². The molecule has 1 N–H and O–H groups in total. The molecule has 10 heteroatoms. The Labute approximate surface area is 189 Å². The maximum atomic E-state index is 12.9. The maximum absolute atomic E-state index is 12.9. The summed E-state index contributed by atoms with van der Waals surface area (Å²) >= 11 is 5.96. The molecule has 4 rings (SSSR count). The van der Waals surface area contributed by atoms with Gasteiger partial charge in [0.1, 0.15) is 0 Å². The highest BCUT2D eigenvalue weighted by Gasteiger charge is 2.16. The Morgan fingerprint density at radius 3 is 2.59 bits per heavy atom. The molecule has 0 radical (unpaired) electrons. The van der Waals surface area contributed by atoms with Gasteiger partial charge in [-0.15, -0.1) is 0 Å². The van der Waals surface area contributed by atoms with Gasteiger partial charge in [-0.2, -0.15) is 9.97 Å². The predicted octanol–water partition coefficient (Wildman–Crippen LogP) is 3.34. The highest BCUT2D eigenvalue weighted by atomic mass is 35.5. The summed E-state index contributed by atoms with van der Waals surface area (Å²) in [5.74, 6) is 1.20. The number of rotatable bonds is 10. The number of halogens is 1. The lowest BCUT2D eigenvalue weighted by molar-refractivity contribution is 0.368. The summed E-state index contributed by atoms with van der Waals surface area (Å²) in [7, 11) is 0. The molecule has 0 aliphatic rings. The lowest BCUT2D eigenvalue weighted by Gasteiger charge is -2.10. The standard InChI is InChI=1S/C22H25ClN6O3/c1-2-3-12-28-19-18(25-21(23)26-19)20(30)29(22(28)31)13-8-7-11-17-24-16(27-32-17)14-15-9-5-4-6-10-15/h4-6,9-10H,2-3,7-8,11-14H2,1H3,(H,25,26). The molecule has 0 fully saturated rings. The quantitative estimate of drug-likeness (QED) is 0.289. The van der Waals surface area contributed by atoms with E-state index in [9.17, 15) is 9.59 Å². The molecule has 0 atom stereocenters. The van der Waals surface area contributed by atoms with Crippen molar-refractivity contribution in [2.24, 2.45) is 0 Å². The first kappa shape index (κ1) is 22.0. The summed E-state index contributed by atoms with van der Waals surface area (Å²) in [4.78, 5) is 37.1. The highest BCUT2D eigenvalue weighted by molar-refractivity contribution is 6.28. The van der Waals surface area contributed by atoms with Crippen molar-refractivity contribution in [3.05, 3.63) is 73.7 Å². The summed E-state index contributed by atoms with van der Waals surface area (Å²) < 4.78 is 8.11. The Kier molecular flexibility index (Phi) is 6.84. The molecule has 0 spiro atoms. The van der Waals surface area contributed by atoms with Crippen molar-refractivity contribution in [2.45, 2.75) is 58.5 Å². The molecule has 0 unspecified atom stereocenters. The van der Waals surface area contributed by atoms with Gasteiger partial charge in [-0.05, 0) is 36.4 Å². The number of aromatic amines is 1. The molecular weight excluding hydrogens is 432 g/mol. The van der Waals surface area contributed by atoms with Gasteiger partial charge in [-0.1, -0.05) is 48.8 Å². The number of nitrogens with zero attached hydrogens (tertiary/aromatic N) is 5. The minimum atomic E-state index is -0.403. The van der Waals surface area contributed by atoms with Gasteiger partial charge in [-0.3, -0.25) is 13.9 Å². The minimum Gasteiger partial charge on any atom is -0.339 e. The molecule has 9 nitrogen and oxygen atoms in total. The van der Waals surface area contributed by atoms with Crippen LogP contribution < -0.4 is 11.2 Å². The summed E-state index contributed by atoms with van der Waals surface area (Å²) in [5.41, 5.74) is 0.926. The van der Waals surface area contributed by atoms with Crippen LogP contribution in [0.3, 0.4) is 0 Å². The molecule has 3 heterocycles. The van der Waals surface area contributed by atoms with Gasteiger partial charge in [-0.25, -0.2) is 4.79 Å². The second kappa shape index (κ2) is 9.95. The fourth-order valence-electron chi connectivity index (χ4n) is 3.64. The summed E-state index contributed by atoms with van der Waals surface area (Å²) in [5, 5.41) is 4.13. The van der Waals surface area contributed by atoms with Crippen LogP contribution >= 0.6 is 11.6 Å². The second-order valence-electron chi connectivity index (χ2n) is 7.69. The van der Waals surface area contributed by atoms with E-state index in [0.717, 1.165) is 18.4 Å². The minimum absolute atomic E-state index is 0.0993. The van der Waals surface area contributed by atoms with Crippen LogP contribution in [0.5, 0.6) is 0 Å². The molecule has 0 aliphatic heterocycles. The number of aromatic nitrogens is 6. The van der Waals surface area contributed by atoms with Crippen molar-refractivity contribution in [1.29, 1.82) is 0 Å². The topological polar surface area (TPSA) is 112 Å². The average molecular weight is 457 g/mol. The number of H-pyrrole nitrogens is 1. The van der Waals surface area contributed by atoms with Crippen LogP contribution in [0.1, 0.15) is 49.9 Å². The Morgan fingerprint density at radius 2 is 1.81 bits per heavy atom. The fraction of sp³-hybridized carbons (Fsp3) is 0.409. The Bertz CT molecular complexity index is 1300. The van der Waals surface area contributed by atoms with Crippen molar-refractivity contribution in [2.75, 3.05) is 0 Å². The number of hydrogen-bond acceptors (Lipinski definition) is 6. The Morgan fingerprint density at radius 1 is 1.03 bits per heavy atom. The summed E-state index contributed by atoms with van der Waals surface area (Å²) in [6.45, 7) is 2.82. The number of unbranched alkanes of at least 4 members (excludes halogenated alkanes) is 2. The zero-order valence-electron chi connectivity index (χ0n) is 17.9. The van der Waals surface area contributed by atoms with E-state index in [1.54, 1.807) is 0 Å². The van der Waals surface area contributed by atoms with Gasteiger partial charge < -0.3 is 9.51 Å². The predicted molar refractivity (Wildman–Crippen MR) is 121 cm³/mol. The summed E-state index contributed by atoms with van der Waals surface area (Å²) in [6.07, 6.45) is 4.24. The van der Waals surface area contributed by atoms with Gasteiger partial charge in [0.15, 0.2) is 17.0 Å². The molecule has 0 amide bonds. The fourth-order valence-corrected chi connectivity index (χ4v) is 3.82. The van der Waals surface area contributed by atoms with Crippen molar-refractivity contribution in [1.82, 2.24) is 29.2 Å². The molecule has 0 bridgehead atoms. The largest absolute Gasteiger partial charge is 0.339 e. The van der Waals surface area contributed by atoms with E-state index in [1.165, 1.54) is 9.13 Å². The lowest BCUT2D eigenvalue weighted by Crippen LogP contribution is -2.40. The number of nitrogens with one attached hydrogen (secondary N) is 1. The number of imidazole rings is 1. The van der Waals surface area contributed by atoms with Crippen LogP contribution in [0.15, 0.2) is 44.4 Å². The SMILES string of the molecule is CCCCn1c(=O)n(CCCCc2nc(Cc3ccccc3)no2)c(=O)c2[nH]c(Cl)nc21. The van der Waals surface area contributed by atoms with E-state index in [4.69, 9.17) is 16.1 Å². The van der Waals surface area contributed by atoms with Crippen molar-refractivity contribution < 1.29 is 4.52 Å². The number of benzene rings is 1. The first-order chi connectivity index (χ1) is 15.6. The van der Waals surface area contributed by atoms with Gasteiger partial charge >= 0.3 is 5.69 Å². The van der Waals surface area contributed by atoms with Crippen molar-refractivity contribution in [3.63, 3.8) is 0 Å². The lowest BCUT2D eigenvalue weighted by atomic mass is 10.1. The molecular formula is C22H25ClN6O3. The average Bonchev–Trinajstić information content (AvgIpc) is 3.40. The third kappa shape index (κ3) is 4.83. The second-order valence-corrected chi connectivity index (χ2v) is 8.05. The van der Waals surface area contributed by atoms with Gasteiger partial charge in [0.2, 0.25) is 11.2 Å². The smallest absolute Gasteiger partial charge is 0.332 e. The van der Waals surface area contributed by atoms with Gasteiger partial charge in [0.05, 0.1) is 0 Å². The maximum Gasteiger partial charge on any atom is 0.332 e. The van der Waals surface area contributed by atoms with Crippen LogP contribution in [-0.4, -0.2) is 29.2 Å². The molecule has 3 aromatic heterocycles. The number of aryl methyl sites for hydroxylation is 2. The number of fused-ring (bicyclic) bond motifs is 1. The van der Waals surface area contributed by atoms with Crippen LogP contribution in [-0.2, 0) is 25.9 Å². The van der Waals surface area contributed by atoms with Crippen LogP contribution in [0.4, 0.5) is 0 Å². The summed E-state index contributed by atoms with van der Waals surface area (Å²) in [6, 6.07) is 9.95. The monoisotopic (exact) mass is 456 g/mol. The molecule has 168 valence electrons. The first-order valence-electron chi connectivity index (χ1n) is 10.8. The highest BCUT2D eigenvalue weighted by Crippen LogP contribution is 2.11. The first-order valence-corrected chi connectivity index (χ1v) is 11.2. The zero-order chi connectivity index (χ0) is 22.5. The van der Waals surface area contributed by atoms with E-state index < -0.39 is 5.56 Å². The number of hydrogen-bond donors (Lipinski definition) is 1. The molecule has 4 aromatic rings. The third-order valence-electron chi connectivity index (χ3n) is 5.31. The molecule has 0 saturated carbocycles. The van der Waals surface area contributed by atoms with E-state index in [2.05, 4.69) is 20.1 Å².